The Morgan fingerprint density at radius 1 is 1.47 bits per heavy atom. The van der Waals surface area contributed by atoms with Crippen LogP contribution < -0.4 is 5.73 Å². The highest BCUT2D eigenvalue weighted by atomic mass is 79.9. The van der Waals surface area contributed by atoms with Gasteiger partial charge in [-0.3, -0.25) is 0 Å². The largest absolute Gasteiger partial charge is 0.368 e. The summed E-state index contributed by atoms with van der Waals surface area (Å²) in [6.45, 7) is 1.91. The lowest BCUT2D eigenvalue weighted by Gasteiger charge is -2.04. The van der Waals surface area contributed by atoms with Crippen LogP contribution in [0.5, 0.6) is 0 Å². The Kier molecular flexibility index (Phi) is 2.39. The van der Waals surface area contributed by atoms with Gasteiger partial charge in [0.2, 0.25) is 5.95 Å². The number of aromatic nitrogens is 5. The van der Waals surface area contributed by atoms with Crippen LogP contribution in [0.25, 0.3) is 11.4 Å². The molecule has 78 valence electrons. The average molecular weight is 269 g/mol. The number of nitrogens with two attached hydrogens (primary N) is 1. The maximum absolute atomic E-state index is 5.55. The summed E-state index contributed by atoms with van der Waals surface area (Å²) in [5, 5.41) is 7.77. The maximum Gasteiger partial charge on any atom is 0.220 e. The summed E-state index contributed by atoms with van der Waals surface area (Å²) in [4.78, 5) is 8.08. The van der Waals surface area contributed by atoms with Crippen LogP contribution in [0.2, 0.25) is 0 Å². The van der Waals surface area contributed by atoms with Crippen LogP contribution in [-0.4, -0.2) is 25.0 Å². The van der Waals surface area contributed by atoms with Gasteiger partial charge in [0.25, 0.3) is 0 Å². The molecule has 0 saturated carbocycles. The van der Waals surface area contributed by atoms with Crippen LogP contribution in [0.3, 0.4) is 0 Å². The van der Waals surface area contributed by atoms with Gasteiger partial charge in [-0.25, -0.2) is 14.6 Å². The Labute approximate surface area is 94.7 Å². The SMILES string of the molecule is Cc1cnc(N)nc1-c1c(Br)nnn1C. The highest BCUT2D eigenvalue weighted by Gasteiger charge is 2.14. The third-order valence-electron chi connectivity index (χ3n) is 2.00. The number of rotatable bonds is 1. The van der Waals surface area contributed by atoms with E-state index in [4.69, 9.17) is 5.73 Å². The van der Waals surface area contributed by atoms with E-state index in [1.165, 1.54) is 0 Å². The fourth-order valence-electron chi connectivity index (χ4n) is 1.28. The molecule has 2 aromatic rings. The molecule has 0 radical (unpaired) electrons. The lowest BCUT2D eigenvalue weighted by atomic mass is 10.2. The molecule has 15 heavy (non-hydrogen) atoms. The van der Waals surface area contributed by atoms with Gasteiger partial charge in [-0.1, -0.05) is 5.21 Å². The van der Waals surface area contributed by atoms with Crippen LogP contribution in [0.4, 0.5) is 5.95 Å². The second-order valence-corrected chi connectivity index (χ2v) is 3.86. The lowest BCUT2D eigenvalue weighted by molar-refractivity contribution is 0.718. The van der Waals surface area contributed by atoms with E-state index in [-0.39, 0.29) is 5.95 Å². The van der Waals surface area contributed by atoms with E-state index in [1.54, 1.807) is 17.9 Å². The third kappa shape index (κ3) is 1.70. The minimum atomic E-state index is 0.240. The van der Waals surface area contributed by atoms with Gasteiger partial charge in [0.05, 0.1) is 5.69 Å². The molecule has 0 unspecified atom stereocenters. The molecule has 0 bridgehead atoms. The van der Waals surface area contributed by atoms with Gasteiger partial charge < -0.3 is 5.73 Å². The zero-order valence-electron chi connectivity index (χ0n) is 8.27. The van der Waals surface area contributed by atoms with Crippen LogP contribution in [0.15, 0.2) is 10.8 Å². The first-order chi connectivity index (χ1) is 7.09. The summed E-state index contributed by atoms with van der Waals surface area (Å²) in [5.74, 6) is 0.240. The fraction of sp³-hybridized carbons (Fsp3) is 0.250. The molecule has 2 N–H and O–H groups in total. The summed E-state index contributed by atoms with van der Waals surface area (Å²) in [6.07, 6.45) is 1.68. The number of aryl methyl sites for hydroxylation is 2. The van der Waals surface area contributed by atoms with E-state index in [9.17, 15) is 0 Å². The molecule has 0 amide bonds. The van der Waals surface area contributed by atoms with Crippen molar-refractivity contribution in [1.29, 1.82) is 0 Å². The smallest absolute Gasteiger partial charge is 0.220 e. The first-order valence-electron chi connectivity index (χ1n) is 4.24. The van der Waals surface area contributed by atoms with Crippen molar-refractivity contribution < 1.29 is 0 Å². The topological polar surface area (TPSA) is 82.5 Å². The van der Waals surface area contributed by atoms with Gasteiger partial charge in [-0.2, -0.15) is 0 Å². The van der Waals surface area contributed by atoms with Gasteiger partial charge in [0, 0.05) is 13.2 Å². The van der Waals surface area contributed by atoms with Crippen molar-refractivity contribution in [2.75, 3.05) is 5.73 Å². The Balaban J connectivity index is 2.68. The highest BCUT2D eigenvalue weighted by Crippen LogP contribution is 2.26. The van der Waals surface area contributed by atoms with Crippen molar-refractivity contribution in [3.63, 3.8) is 0 Å². The molecule has 0 aliphatic rings. The molecule has 6 nitrogen and oxygen atoms in total. The highest BCUT2D eigenvalue weighted by molar-refractivity contribution is 9.10. The van der Waals surface area contributed by atoms with Crippen molar-refractivity contribution in [2.45, 2.75) is 6.92 Å². The molecule has 2 aromatic heterocycles. The van der Waals surface area contributed by atoms with Gasteiger partial charge in [-0.05, 0) is 28.4 Å². The molecule has 0 spiro atoms. The van der Waals surface area contributed by atoms with Crippen LogP contribution >= 0.6 is 15.9 Å². The fourth-order valence-corrected chi connectivity index (χ4v) is 1.79. The second kappa shape index (κ2) is 3.58. The lowest BCUT2D eigenvalue weighted by Crippen LogP contribution is -2.02. The van der Waals surface area contributed by atoms with E-state index < -0.39 is 0 Å². The first kappa shape index (κ1) is 10.0. The van der Waals surface area contributed by atoms with E-state index in [0.717, 1.165) is 17.0 Å². The standard InChI is InChI=1S/C8H9BrN6/c1-4-3-11-8(10)12-5(4)6-7(9)13-14-15(6)2/h3H,1-2H3,(H2,10,11,12). The molecule has 0 aromatic carbocycles. The predicted octanol–water partition coefficient (Wildman–Crippen LogP) is 0.925. The summed E-state index contributed by atoms with van der Waals surface area (Å²) in [6, 6.07) is 0. The van der Waals surface area contributed by atoms with Crippen molar-refractivity contribution in [2.24, 2.45) is 7.05 Å². The number of hydrogen-bond donors (Lipinski definition) is 1. The molecule has 2 rings (SSSR count). The first-order valence-corrected chi connectivity index (χ1v) is 5.03. The number of anilines is 1. The summed E-state index contributed by atoms with van der Waals surface area (Å²) in [7, 11) is 1.80. The number of nitrogen functional groups attached to an aromatic ring is 1. The Hall–Kier alpha value is -1.50. The Bertz CT molecular complexity index is 486. The predicted molar refractivity (Wildman–Crippen MR) is 58.9 cm³/mol. The molecule has 0 aliphatic carbocycles. The molecule has 0 fully saturated rings. The van der Waals surface area contributed by atoms with Gasteiger partial charge in [0.1, 0.15) is 5.69 Å². The number of halogens is 1. The van der Waals surface area contributed by atoms with E-state index in [1.807, 2.05) is 6.92 Å². The third-order valence-corrected chi connectivity index (χ3v) is 2.53. The Morgan fingerprint density at radius 3 is 2.80 bits per heavy atom. The number of hydrogen-bond acceptors (Lipinski definition) is 5. The van der Waals surface area contributed by atoms with Gasteiger partial charge >= 0.3 is 0 Å². The van der Waals surface area contributed by atoms with Crippen molar-refractivity contribution in [3.05, 3.63) is 16.4 Å². The van der Waals surface area contributed by atoms with Crippen LogP contribution in [-0.2, 0) is 7.05 Å². The van der Waals surface area contributed by atoms with E-state index >= 15 is 0 Å². The van der Waals surface area contributed by atoms with E-state index in [0.29, 0.717) is 4.60 Å². The monoisotopic (exact) mass is 268 g/mol. The van der Waals surface area contributed by atoms with Crippen molar-refractivity contribution in [1.82, 2.24) is 25.0 Å². The zero-order valence-corrected chi connectivity index (χ0v) is 9.85. The molecule has 0 atom stereocenters. The molecular weight excluding hydrogens is 260 g/mol. The Morgan fingerprint density at radius 2 is 2.20 bits per heavy atom. The zero-order chi connectivity index (χ0) is 11.0. The molecule has 2 heterocycles. The van der Waals surface area contributed by atoms with Crippen molar-refractivity contribution >= 4 is 21.9 Å². The molecule has 0 saturated heterocycles. The number of nitrogens with zero attached hydrogens (tertiary/aromatic N) is 5. The van der Waals surface area contributed by atoms with E-state index in [2.05, 4.69) is 36.2 Å². The summed E-state index contributed by atoms with van der Waals surface area (Å²) >= 11 is 3.32. The maximum atomic E-state index is 5.55. The minimum Gasteiger partial charge on any atom is -0.368 e. The van der Waals surface area contributed by atoms with Crippen LogP contribution in [0, 0.1) is 6.92 Å². The minimum absolute atomic E-state index is 0.240. The molecule has 0 aliphatic heterocycles. The van der Waals surface area contributed by atoms with Gasteiger partial charge in [0.15, 0.2) is 4.60 Å². The molecule has 7 heteroatoms. The average Bonchev–Trinajstić information content (AvgIpc) is 2.51. The quantitative estimate of drug-likeness (QED) is 0.832. The second-order valence-electron chi connectivity index (χ2n) is 3.11. The molecular formula is C8H9BrN6. The van der Waals surface area contributed by atoms with Crippen LogP contribution in [0.1, 0.15) is 5.56 Å². The van der Waals surface area contributed by atoms with Crippen molar-refractivity contribution in [3.8, 4) is 11.4 Å². The summed E-state index contributed by atoms with van der Waals surface area (Å²) in [5.41, 5.74) is 8.00. The normalized spacial score (nSPS) is 10.6. The summed E-state index contributed by atoms with van der Waals surface area (Å²) < 4.78 is 2.28. The van der Waals surface area contributed by atoms with Gasteiger partial charge in [-0.15, -0.1) is 5.10 Å².